The van der Waals surface area contributed by atoms with Crippen LogP contribution in [-0.4, -0.2) is 0 Å². The van der Waals surface area contributed by atoms with Gasteiger partial charge in [0.05, 0.1) is 0 Å². The van der Waals surface area contributed by atoms with Crippen molar-refractivity contribution in [3.63, 3.8) is 0 Å². The molecule has 0 nitrogen and oxygen atoms in total. The summed E-state index contributed by atoms with van der Waals surface area (Å²) in [7, 11) is 0. The fourth-order valence-electron chi connectivity index (χ4n) is 3.28. The lowest BCUT2D eigenvalue weighted by molar-refractivity contribution is 0.460. The Hall–Kier alpha value is 0. The normalized spacial score (nSPS) is 11.5. The minimum atomic E-state index is 0.722. The smallest absolute Gasteiger partial charge is 0.0414 e. The first-order valence-corrected chi connectivity index (χ1v) is 10.6. The van der Waals surface area contributed by atoms with Crippen LogP contribution in [0.15, 0.2) is 0 Å². The van der Waals surface area contributed by atoms with Crippen LogP contribution in [-0.2, 0) is 0 Å². The van der Waals surface area contributed by atoms with Gasteiger partial charge in [0.25, 0.3) is 0 Å². The topological polar surface area (TPSA) is 0 Å². The van der Waals surface area contributed by atoms with Gasteiger partial charge in [-0.3, -0.25) is 0 Å². The molecule has 0 spiro atoms. The molecule has 0 N–H and O–H groups in total. The molecule has 0 aliphatic heterocycles. The summed E-state index contributed by atoms with van der Waals surface area (Å²) in [5, 5.41) is 0. The maximum atomic E-state index is 4.35. The zero-order valence-electron chi connectivity index (χ0n) is 16.0. The molecule has 22 heavy (non-hydrogen) atoms. The van der Waals surface area contributed by atoms with Crippen molar-refractivity contribution in [3.05, 3.63) is 6.92 Å². The molecule has 0 aromatic rings. The van der Waals surface area contributed by atoms with Gasteiger partial charge in [0, 0.05) is 0 Å². The van der Waals surface area contributed by atoms with Crippen molar-refractivity contribution in [2.75, 3.05) is 0 Å². The molecular weight excluding hydrogens is 264 g/mol. The highest BCUT2D eigenvalue weighted by molar-refractivity contribution is 4.62. The number of rotatable bonds is 18. The van der Waals surface area contributed by atoms with Crippen molar-refractivity contribution in [3.8, 4) is 0 Å². The fraction of sp³-hybridized carbons (Fsp3) is 0.955. The summed E-state index contributed by atoms with van der Waals surface area (Å²) in [5.41, 5.74) is 0. The highest BCUT2D eigenvalue weighted by atomic mass is 14.1. The van der Waals surface area contributed by atoms with E-state index in [-0.39, 0.29) is 0 Å². The molecular formula is C22H45. The molecule has 0 saturated heterocycles. The number of unbranched alkanes of at least 4 members (excludes halogenated alkanes) is 14. The Morgan fingerprint density at radius 1 is 0.455 bits per heavy atom. The molecule has 0 atom stereocenters. The van der Waals surface area contributed by atoms with E-state index in [0.717, 1.165) is 5.92 Å². The molecule has 0 aromatic heterocycles. The minimum absolute atomic E-state index is 0.722. The molecule has 0 heterocycles. The van der Waals surface area contributed by atoms with Crippen molar-refractivity contribution >= 4 is 0 Å². The second kappa shape index (κ2) is 19.0. The Kier molecular flexibility index (Phi) is 19.0. The van der Waals surface area contributed by atoms with Gasteiger partial charge in [-0.1, -0.05) is 136 Å². The quantitative estimate of drug-likeness (QED) is 0.223. The first-order chi connectivity index (χ1) is 10.8. The largest absolute Gasteiger partial charge is 0.0654 e. The van der Waals surface area contributed by atoms with E-state index in [4.69, 9.17) is 0 Å². The van der Waals surface area contributed by atoms with Crippen molar-refractivity contribution in [1.29, 1.82) is 0 Å². The van der Waals surface area contributed by atoms with Crippen molar-refractivity contribution in [2.24, 2.45) is 5.92 Å². The molecule has 0 aliphatic carbocycles. The van der Waals surface area contributed by atoms with Crippen LogP contribution in [0.1, 0.15) is 129 Å². The molecule has 0 aliphatic rings. The van der Waals surface area contributed by atoms with Gasteiger partial charge >= 0.3 is 0 Å². The summed E-state index contributed by atoms with van der Waals surface area (Å²) < 4.78 is 0. The Morgan fingerprint density at radius 2 is 0.727 bits per heavy atom. The molecule has 0 fully saturated rings. The van der Waals surface area contributed by atoms with E-state index < -0.39 is 0 Å². The minimum Gasteiger partial charge on any atom is -0.0654 e. The molecule has 0 heteroatoms. The Morgan fingerprint density at radius 3 is 1.05 bits per heavy atom. The van der Waals surface area contributed by atoms with E-state index in [1.807, 2.05) is 0 Å². The molecule has 133 valence electrons. The maximum absolute atomic E-state index is 4.35. The maximum Gasteiger partial charge on any atom is -0.0414 e. The lowest BCUT2D eigenvalue weighted by atomic mass is 9.96. The van der Waals surface area contributed by atoms with Crippen LogP contribution in [0.2, 0.25) is 0 Å². The van der Waals surface area contributed by atoms with E-state index in [2.05, 4.69) is 20.8 Å². The average Bonchev–Trinajstić information content (AvgIpc) is 2.52. The third-order valence-corrected chi connectivity index (χ3v) is 4.93. The molecule has 0 aromatic carbocycles. The van der Waals surface area contributed by atoms with Gasteiger partial charge in [0.2, 0.25) is 0 Å². The summed E-state index contributed by atoms with van der Waals surface area (Å²) >= 11 is 0. The predicted molar refractivity (Wildman–Crippen MR) is 103 cm³/mol. The highest BCUT2D eigenvalue weighted by Gasteiger charge is 2.02. The van der Waals surface area contributed by atoms with Crippen molar-refractivity contribution < 1.29 is 0 Å². The van der Waals surface area contributed by atoms with Crippen molar-refractivity contribution in [1.82, 2.24) is 0 Å². The van der Waals surface area contributed by atoms with Crippen LogP contribution in [0, 0.1) is 12.8 Å². The molecule has 0 unspecified atom stereocenters. The van der Waals surface area contributed by atoms with Gasteiger partial charge in [0.15, 0.2) is 0 Å². The first-order valence-electron chi connectivity index (χ1n) is 10.6. The standard InChI is InChI=1S/C22H45/c1-4-6-8-10-12-14-16-18-20-22(3)21-19-17-15-13-11-9-7-5-2/h22H,3-21H2,1-2H3. The highest BCUT2D eigenvalue weighted by Crippen LogP contribution is 2.18. The van der Waals surface area contributed by atoms with Crippen LogP contribution in [0.5, 0.6) is 0 Å². The molecule has 1 radical (unpaired) electrons. The Bertz CT molecular complexity index is 164. The number of hydrogen-bond donors (Lipinski definition) is 0. The Balaban J connectivity index is 3.11. The van der Waals surface area contributed by atoms with Gasteiger partial charge in [-0.05, 0) is 5.92 Å². The summed E-state index contributed by atoms with van der Waals surface area (Å²) in [5.74, 6) is 0.722. The monoisotopic (exact) mass is 309 g/mol. The van der Waals surface area contributed by atoms with Crippen LogP contribution < -0.4 is 0 Å². The molecule has 0 saturated carbocycles. The number of hydrogen-bond acceptors (Lipinski definition) is 0. The second-order valence-electron chi connectivity index (χ2n) is 7.39. The summed E-state index contributed by atoms with van der Waals surface area (Å²) in [6, 6.07) is 0. The zero-order chi connectivity index (χ0) is 16.3. The lowest BCUT2D eigenvalue weighted by Gasteiger charge is -2.11. The van der Waals surface area contributed by atoms with Crippen LogP contribution in [0.4, 0.5) is 0 Å². The average molecular weight is 310 g/mol. The summed E-state index contributed by atoms with van der Waals surface area (Å²) in [6.07, 6.45) is 25.7. The SMILES string of the molecule is [CH2]C(CCCCCCCCCC)CCCCCCCCCC. The summed E-state index contributed by atoms with van der Waals surface area (Å²) in [6.45, 7) is 8.94. The predicted octanol–water partition coefficient (Wildman–Crippen LogP) is 8.50. The second-order valence-corrected chi connectivity index (χ2v) is 7.39. The van der Waals surface area contributed by atoms with Gasteiger partial charge in [-0.25, -0.2) is 0 Å². The van der Waals surface area contributed by atoms with Gasteiger partial charge in [0.1, 0.15) is 0 Å². The van der Waals surface area contributed by atoms with E-state index in [1.165, 1.54) is 116 Å². The van der Waals surface area contributed by atoms with E-state index in [0.29, 0.717) is 0 Å². The van der Waals surface area contributed by atoms with Gasteiger partial charge < -0.3 is 0 Å². The van der Waals surface area contributed by atoms with Crippen LogP contribution in [0.25, 0.3) is 0 Å². The molecule has 0 bridgehead atoms. The molecule has 0 rings (SSSR count). The van der Waals surface area contributed by atoms with Crippen LogP contribution in [0.3, 0.4) is 0 Å². The van der Waals surface area contributed by atoms with E-state index in [1.54, 1.807) is 0 Å². The zero-order valence-corrected chi connectivity index (χ0v) is 16.0. The Labute approximate surface area is 142 Å². The first kappa shape index (κ1) is 22.0. The van der Waals surface area contributed by atoms with E-state index >= 15 is 0 Å². The van der Waals surface area contributed by atoms with Crippen molar-refractivity contribution in [2.45, 2.75) is 129 Å². The fourth-order valence-corrected chi connectivity index (χ4v) is 3.28. The third-order valence-electron chi connectivity index (χ3n) is 4.93. The van der Waals surface area contributed by atoms with Gasteiger partial charge in [-0.2, -0.15) is 0 Å². The molecule has 0 amide bonds. The summed E-state index contributed by atoms with van der Waals surface area (Å²) in [4.78, 5) is 0. The van der Waals surface area contributed by atoms with Gasteiger partial charge in [-0.15, -0.1) is 0 Å². The van der Waals surface area contributed by atoms with Crippen LogP contribution >= 0.6 is 0 Å². The van der Waals surface area contributed by atoms with E-state index in [9.17, 15) is 0 Å². The lowest BCUT2D eigenvalue weighted by Crippen LogP contribution is -1.95. The third kappa shape index (κ3) is 18.1.